The number of hydrogen-bond donors (Lipinski definition) is 0. The Labute approximate surface area is 177 Å². The highest BCUT2D eigenvalue weighted by atomic mass is 35.5. The highest BCUT2D eigenvalue weighted by Crippen LogP contribution is 2.42. The predicted molar refractivity (Wildman–Crippen MR) is 114 cm³/mol. The number of nitrogens with zero attached hydrogens (tertiary/aromatic N) is 3. The third kappa shape index (κ3) is 3.69. The summed E-state index contributed by atoms with van der Waals surface area (Å²) in [5, 5.41) is 4.21. The molecule has 0 spiro atoms. The number of carbonyl (C=O) groups is 1. The van der Waals surface area contributed by atoms with Gasteiger partial charge >= 0.3 is 0 Å². The van der Waals surface area contributed by atoms with Crippen molar-refractivity contribution in [2.24, 2.45) is 0 Å². The summed E-state index contributed by atoms with van der Waals surface area (Å²) in [6.07, 6.45) is 3.52. The molecule has 4 rings (SSSR count). The zero-order valence-corrected chi connectivity index (χ0v) is 16.8. The van der Waals surface area contributed by atoms with Gasteiger partial charge in [0.05, 0.1) is 16.3 Å². The summed E-state index contributed by atoms with van der Waals surface area (Å²) < 4.78 is 19.8. The molecule has 2 aromatic carbocycles. The molecule has 0 N–H and O–H groups in total. The number of rotatable bonds is 5. The van der Waals surface area contributed by atoms with Crippen LogP contribution in [0.25, 0.3) is 22.4 Å². The molecular formula is C23H17ClFN3O2. The van der Waals surface area contributed by atoms with Gasteiger partial charge in [-0.1, -0.05) is 47.9 Å². The molecule has 0 aliphatic heterocycles. The third-order valence-electron chi connectivity index (χ3n) is 4.61. The van der Waals surface area contributed by atoms with Crippen molar-refractivity contribution in [3.05, 3.63) is 83.9 Å². The topological polar surface area (TPSA) is 59.2 Å². The lowest BCUT2D eigenvalue weighted by Crippen LogP contribution is -2.25. The van der Waals surface area contributed by atoms with E-state index in [0.29, 0.717) is 22.5 Å². The summed E-state index contributed by atoms with van der Waals surface area (Å²) in [6.45, 7) is 1.77. The number of pyridine rings is 1. The molecule has 0 radical (unpaired) electrons. The molecule has 0 aliphatic rings. The molecule has 0 aliphatic carbocycles. The second-order valence-electron chi connectivity index (χ2n) is 6.49. The quantitative estimate of drug-likeness (QED) is 0.381. The standard InChI is InChI=1S/C23H17ClFN3O2/c1-2-20(29)28(17-6-4-3-5-7-17)23-21(15-10-12-26-13-11-15)22(27-30-23)16-8-9-18(24)19(25)14-16/h3-14H,2H2,1H3. The first-order chi connectivity index (χ1) is 14.6. The minimum atomic E-state index is -0.566. The Kier molecular flexibility index (Phi) is 5.59. The Morgan fingerprint density at radius 2 is 1.80 bits per heavy atom. The Hall–Kier alpha value is -3.51. The number of anilines is 2. The van der Waals surface area contributed by atoms with Gasteiger partial charge < -0.3 is 4.52 Å². The van der Waals surface area contributed by atoms with Crippen molar-refractivity contribution in [1.82, 2.24) is 10.1 Å². The molecule has 0 fully saturated rings. The van der Waals surface area contributed by atoms with Crippen LogP contribution in [0.4, 0.5) is 16.0 Å². The van der Waals surface area contributed by atoms with Crippen molar-refractivity contribution in [2.45, 2.75) is 13.3 Å². The monoisotopic (exact) mass is 421 g/mol. The molecule has 1 amide bonds. The molecule has 0 bridgehead atoms. The smallest absolute Gasteiger partial charge is 0.247 e. The minimum absolute atomic E-state index is 0.0139. The van der Waals surface area contributed by atoms with Crippen molar-refractivity contribution >= 4 is 29.1 Å². The van der Waals surface area contributed by atoms with E-state index in [9.17, 15) is 9.18 Å². The van der Waals surface area contributed by atoms with Gasteiger partial charge in [0, 0.05) is 24.4 Å². The highest BCUT2D eigenvalue weighted by Gasteiger charge is 2.28. The van der Waals surface area contributed by atoms with E-state index in [-0.39, 0.29) is 23.2 Å². The first kappa shape index (κ1) is 19.8. The van der Waals surface area contributed by atoms with Gasteiger partial charge in [0.1, 0.15) is 11.5 Å². The minimum Gasteiger partial charge on any atom is -0.337 e. The summed E-state index contributed by atoms with van der Waals surface area (Å²) in [4.78, 5) is 18.4. The largest absolute Gasteiger partial charge is 0.337 e. The number of amides is 1. The van der Waals surface area contributed by atoms with E-state index in [1.165, 1.54) is 17.0 Å². The molecule has 7 heteroatoms. The van der Waals surface area contributed by atoms with Crippen LogP contribution in [-0.2, 0) is 4.79 Å². The lowest BCUT2D eigenvalue weighted by Gasteiger charge is -2.20. The zero-order chi connectivity index (χ0) is 21.1. The fourth-order valence-corrected chi connectivity index (χ4v) is 3.28. The number of hydrogen-bond acceptors (Lipinski definition) is 4. The Morgan fingerprint density at radius 3 is 2.47 bits per heavy atom. The van der Waals surface area contributed by atoms with Gasteiger partial charge in [0.2, 0.25) is 11.8 Å². The average molecular weight is 422 g/mol. The van der Waals surface area contributed by atoms with Crippen LogP contribution in [0.3, 0.4) is 0 Å². The molecule has 2 aromatic heterocycles. The first-order valence-corrected chi connectivity index (χ1v) is 9.71. The Bertz CT molecular complexity index is 1180. The van der Waals surface area contributed by atoms with Gasteiger partial charge in [-0.25, -0.2) is 9.29 Å². The second kappa shape index (κ2) is 8.47. The average Bonchev–Trinajstić information content (AvgIpc) is 3.21. The van der Waals surface area contributed by atoms with Crippen LogP contribution in [0.15, 0.2) is 77.6 Å². The molecule has 150 valence electrons. The Balaban J connectivity index is 1.97. The van der Waals surface area contributed by atoms with Crippen LogP contribution in [-0.4, -0.2) is 16.0 Å². The van der Waals surface area contributed by atoms with Gasteiger partial charge in [-0.2, -0.15) is 0 Å². The van der Waals surface area contributed by atoms with Crippen LogP contribution in [0.1, 0.15) is 13.3 Å². The number of para-hydroxylation sites is 1. The summed E-state index contributed by atoms with van der Waals surface area (Å²) in [7, 11) is 0. The molecule has 0 saturated heterocycles. The maximum absolute atomic E-state index is 14.1. The van der Waals surface area contributed by atoms with Gasteiger partial charge in [0.15, 0.2) is 0 Å². The maximum atomic E-state index is 14.1. The molecule has 0 unspecified atom stereocenters. The maximum Gasteiger partial charge on any atom is 0.247 e. The van der Waals surface area contributed by atoms with E-state index < -0.39 is 5.82 Å². The van der Waals surface area contributed by atoms with Crippen molar-refractivity contribution in [1.29, 1.82) is 0 Å². The summed E-state index contributed by atoms with van der Waals surface area (Å²) in [6, 6.07) is 17.1. The summed E-state index contributed by atoms with van der Waals surface area (Å²) in [5.74, 6) is -0.477. The van der Waals surface area contributed by atoms with Crippen LogP contribution < -0.4 is 4.90 Å². The zero-order valence-electron chi connectivity index (χ0n) is 16.0. The van der Waals surface area contributed by atoms with E-state index in [1.807, 2.05) is 30.3 Å². The number of carbonyl (C=O) groups excluding carboxylic acids is 1. The van der Waals surface area contributed by atoms with Crippen molar-refractivity contribution < 1.29 is 13.7 Å². The molecule has 2 heterocycles. The van der Waals surface area contributed by atoms with E-state index in [4.69, 9.17) is 16.1 Å². The van der Waals surface area contributed by atoms with Gasteiger partial charge in [0.25, 0.3) is 0 Å². The fourth-order valence-electron chi connectivity index (χ4n) is 3.16. The molecule has 0 atom stereocenters. The molecule has 30 heavy (non-hydrogen) atoms. The summed E-state index contributed by atoms with van der Waals surface area (Å²) in [5.41, 5.74) is 2.82. The predicted octanol–water partition coefficient (Wildman–Crippen LogP) is 6.27. The molecular weight excluding hydrogens is 405 g/mol. The normalized spacial score (nSPS) is 10.8. The van der Waals surface area contributed by atoms with Crippen molar-refractivity contribution in [2.75, 3.05) is 4.90 Å². The van der Waals surface area contributed by atoms with Gasteiger partial charge in [-0.05, 0) is 42.0 Å². The number of halogens is 2. The third-order valence-corrected chi connectivity index (χ3v) is 4.91. The van der Waals surface area contributed by atoms with Crippen molar-refractivity contribution in [3.63, 3.8) is 0 Å². The summed E-state index contributed by atoms with van der Waals surface area (Å²) >= 11 is 5.84. The molecule has 5 nitrogen and oxygen atoms in total. The first-order valence-electron chi connectivity index (χ1n) is 9.33. The molecule has 4 aromatic rings. The van der Waals surface area contributed by atoms with Crippen LogP contribution >= 0.6 is 11.6 Å². The second-order valence-corrected chi connectivity index (χ2v) is 6.90. The van der Waals surface area contributed by atoms with E-state index in [2.05, 4.69) is 10.1 Å². The van der Waals surface area contributed by atoms with E-state index in [1.54, 1.807) is 37.5 Å². The van der Waals surface area contributed by atoms with E-state index >= 15 is 0 Å². The highest BCUT2D eigenvalue weighted by molar-refractivity contribution is 6.30. The lowest BCUT2D eigenvalue weighted by molar-refractivity contribution is -0.117. The Morgan fingerprint density at radius 1 is 1.07 bits per heavy atom. The van der Waals surface area contributed by atoms with Crippen LogP contribution in [0.5, 0.6) is 0 Å². The van der Waals surface area contributed by atoms with Crippen molar-refractivity contribution in [3.8, 4) is 22.4 Å². The SMILES string of the molecule is CCC(=O)N(c1ccccc1)c1onc(-c2ccc(Cl)c(F)c2)c1-c1ccncc1. The van der Waals surface area contributed by atoms with Gasteiger partial charge in [-0.3, -0.25) is 9.78 Å². The number of aromatic nitrogens is 2. The fraction of sp³-hybridized carbons (Fsp3) is 0.0870. The number of benzene rings is 2. The molecule has 0 saturated carbocycles. The van der Waals surface area contributed by atoms with Gasteiger partial charge in [-0.15, -0.1) is 0 Å². The van der Waals surface area contributed by atoms with Crippen LogP contribution in [0, 0.1) is 5.82 Å². The lowest BCUT2D eigenvalue weighted by atomic mass is 10.0. The van der Waals surface area contributed by atoms with E-state index in [0.717, 1.165) is 5.56 Å². The van der Waals surface area contributed by atoms with Crippen LogP contribution in [0.2, 0.25) is 5.02 Å².